The zero-order chi connectivity index (χ0) is 24.6. The number of amides is 2. The molecule has 0 radical (unpaired) electrons. The third-order valence-corrected chi connectivity index (χ3v) is 7.35. The molecule has 2 amide bonds. The van der Waals surface area contributed by atoms with Gasteiger partial charge in [-0.3, -0.25) is 4.79 Å². The van der Waals surface area contributed by atoms with Gasteiger partial charge in [0.15, 0.2) is 0 Å². The second-order valence-electron chi connectivity index (χ2n) is 10.0. The van der Waals surface area contributed by atoms with Crippen molar-refractivity contribution in [3.8, 4) is 11.1 Å². The Kier molecular flexibility index (Phi) is 6.23. The van der Waals surface area contributed by atoms with Crippen LogP contribution in [0.5, 0.6) is 0 Å². The fourth-order valence-electron chi connectivity index (χ4n) is 5.65. The first-order chi connectivity index (χ1) is 16.8. The Labute approximate surface area is 204 Å². The second kappa shape index (κ2) is 9.34. The van der Waals surface area contributed by atoms with Crippen molar-refractivity contribution in [2.75, 3.05) is 26.3 Å². The minimum atomic E-state index is -1.02. The Balaban J connectivity index is 1.10. The van der Waals surface area contributed by atoms with Gasteiger partial charge in [0.2, 0.25) is 5.91 Å². The van der Waals surface area contributed by atoms with E-state index < -0.39 is 17.7 Å². The van der Waals surface area contributed by atoms with E-state index in [1.165, 1.54) is 22.3 Å². The van der Waals surface area contributed by atoms with Crippen molar-refractivity contribution in [2.45, 2.75) is 43.7 Å². The van der Waals surface area contributed by atoms with E-state index in [1.807, 2.05) is 31.2 Å². The summed E-state index contributed by atoms with van der Waals surface area (Å²) >= 11 is 0. The number of carbonyl (C=O) groups is 3. The zero-order valence-electron chi connectivity index (χ0n) is 19.7. The van der Waals surface area contributed by atoms with E-state index in [0.29, 0.717) is 25.9 Å². The molecule has 2 N–H and O–H groups in total. The van der Waals surface area contributed by atoms with Crippen LogP contribution in [-0.2, 0) is 19.1 Å². The fourth-order valence-corrected chi connectivity index (χ4v) is 5.65. The lowest BCUT2D eigenvalue weighted by atomic mass is 9.93. The summed E-state index contributed by atoms with van der Waals surface area (Å²) in [7, 11) is 0. The number of rotatable bonds is 7. The predicted molar refractivity (Wildman–Crippen MR) is 128 cm³/mol. The normalized spacial score (nSPS) is 22.1. The van der Waals surface area contributed by atoms with Gasteiger partial charge in [-0.2, -0.15) is 0 Å². The van der Waals surface area contributed by atoms with Gasteiger partial charge in [-0.05, 0) is 48.4 Å². The number of ether oxygens (including phenoxy) is 2. The van der Waals surface area contributed by atoms with Crippen LogP contribution in [0.15, 0.2) is 48.5 Å². The summed E-state index contributed by atoms with van der Waals surface area (Å²) in [5.41, 5.74) is 4.10. The number of carbonyl (C=O) groups excluding carboxylic acids is 2. The number of carboxylic acids is 1. The second-order valence-corrected chi connectivity index (χ2v) is 10.0. The zero-order valence-corrected chi connectivity index (χ0v) is 19.7. The Morgan fingerprint density at radius 1 is 1.03 bits per heavy atom. The van der Waals surface area contributed by atoms with Crippen molar-refractivity contribution in [3.63, 3.8) is 0 Å². The number of benzene rings is 2. The first-order valence-electron chi connectivity index (χ1n) is 12.1. The largest absolute Gasteiger partial charge is 0.480 e. The highest BCUT2D eigenvalue weighted by atomic mass is 16.5. The van der Waals surface area contributed by atoms with Crippen molar-refractivity contribution in [1.82, 2.24) is 10.2 Å². The molecule has 2 fully saturated rings. The molecule has 1 saturated heterocycles. The van der Waals surface area contributed by atoms with E-state index in [9.17, 15) is 14.4 Å². The van der Waals surface area contributed by atoms with Gasteiger partial charge in [0.1, 0.15) is 18.8 Å². The Bertz CT molecular complexity index is 1100. The van der Waals surface area contributed by atoms with E-state index in [2.05, 4.69) is 29.6 Å². The van der Waals surface area contributed by atoms with Gasteiger partial charge in [0.25, 0.3) is 0 Å². The summed E-state index contributed by atoms with van der Waals surface area (Å²) in [5, 5.41) is 11.7. The first-order valence-corrected chi connectivity index (χ1v) is 12.1. The van der Waals surface area contributed by atoms with Crippen molar-refractivity contribution in [3.05, 3.63) is 59.7 Å². The minimum Gasteiger partial charge on any atom is -0.480 e. The lowest BCUT2D eigenvalue weighted by Gasteiger charge is -2.48. The lowest BCUT2D eigenvalue weighted by Crippen LogP contribution is -2.64. The average molecular weight is 479 g/mol. The third kappa shape index (κ3) is 4.75. The molecular formula is C27H30N2O6. The van der Waals surface area contributed by atoms with Gasteiger partial charge in [-0.25, -0.2) is 9.59 Å². The molecule has 2 atom stereocenters. The molecule has 0 aromatic heterocycles. The highest BCUT2D eigenvalue weighted by Crippen LogP contribution is 2.44. The molecule has 1 heterocycles. The number of likely N-dealkylation sites (tertiary alicyclic amines) is 1. The van der Waals surface area contributed by atoms with Crippen LogP contribution in [0.4, 0.5) is 4.79 Å². The van der Waals surface area contributed by atoms with Gasteiger partial charge in [-0.1, -0.05) is 48.5 Å². The minimum absolute atomic E-state index is 0.00938. The van der Waals surface area contributed by atoms with Crippen molar-refractivity contribution in [1.29, 1.82) is 0 Å². The molecule has 184 valence electrons. The molecule has 2 unspecified atom stereocenters. The molecule has 8 heteroatoms. The number of alkyl carbamates (subject to hydrolysis) is 1. The summed E-state index contributed by atoms with van der Waals surface area (Å²) in [5.74, 6) is -1.12. The van der Waals surface area contributed by atoms with Crippen LogP contribution in [0.2, 0.25) is 0 Å². The van der Waals surface area contributed by atoms with Crippen LogP contribution in [0.25, 0.3) is 11.1 Å². The third-order valence-electron chi connectivity index (χ3n) is 7.35. The number of hydrogen-bond donors (Lipinski definition) is 2. The van der Waals surface area contributed by atoms with Gasteiger partial charge in [-0.15, -0.1) is 0 Å². The van der Waals surface area contributed by atoms with E-state index in [1.54, 1.807) is 4.90 Å². The van der Waals surface area contributed by atoms with E-state index >= 15 is 0 Å². The first kappa shape index (κ1) is 23.4. The van der Waals surface area contributed by atoms with Crippen molar-refractivity contribution >= 4 is 18.0 Å². The van der Waals surface area contributed by atoms with E-state index in [4.69, 9.17) is 14.6 Å². The van der Waals surface area contributed by atoms with Gasteiger partial charge in [0, 0.05) is 17.9 Å². The SMILES string of the molecule is CC1(OCC(=O)O)CN(C(=O)C2CCC(NC(=O)OCC3c4ccccc4-c4ccccc43)C2)C1. The van der Waals surface area contributed by atoms with Gasteiger partial charge in [0.05, 0.1) is 13.1 Å². The lowest BCUT2D eigenvalue weighted by molar-refractivity contribution is -0.175. The monoisotopic (exact) mass is 478 g/mol. The van der Waals surface area contributed by atoms with E-state index in [-0.39, 0.29) is 37.0 Å². The number of nitrogens with zero attached hydrogens (tertiary/aromatic N) is 1. The molecule has 0 bridgehead atoms. The number of nitrogens with one attached hydrogen (secondary N) is 1. The molecule has 3 aliphatic rings. The molecule has 2 aromatic carbocycles. The maximum Gasteiger partial charge on any atom is 0.407 e. The molecule has 0 spiro atoms. The Morgan fingerprint density at radius 2 is 1.66 bits per heavy atom. The number of fused-ring (bicyclic) bond motifs is 3. The topological polar surface area (TPSA) is 105 Å². The van der Waals surface area contributed by atoms with Crippen LogP contribution >= 0.6 is 0 Å². The number of carboxylic acid groups (broad SMARTS) is 1. The van der Waals surface area contributed by atoms with Gasteiger partial charge >= 0.3 is 12.1 Å². The Morgan fingerprint density at radius 3 is 2.29 bits per heavy atom. The molecule has 35 heavy (non-hydrogen) atoms. The van der Waals surface area contributed by atoms with Crippen LogP contribution < -0.4 is 5.32 Å². The smallest absolute Gasteiger partial charge is 0.407 e. The van der Waals surface area contributed by atoms with Crippen molar-refractivity contribution < 1.29 is 29.0 Å². The number of hydrogen-bond acceptors (Lipinski definition) is 5. The molecule has 1 saturated carbocycles. The fraction of sp³-hybridized carbons (Fsp3) is 0.444. The highest BCUT2D eigenvalue weighted by molar-refractivity contribution is 5.81. The molecule has 8 nitrogen and oxygen atoms in total. The quantitative estimate of drug-likeness (QED) is 0.632. The summed E-state index contributed by atoms with van der Waals surface area (Å²) < 4.78 is 11.0. The number of aliphatic carboxylic acids is 1. The average Bonchev–Trinajstić information content (AvgIpc) is 3.42. The Hall–Kier alpha value is -3.39. The van der Waals surface area contributed by atoms with Crippen LogP contribution in [0, 0.1) is 5.92 Å². The van der Waals surface area contributed by atoms with Crippen LogP contribution in [-0.4, -0.2) is 65.9 Å². The molecular weight excluding hydrogens is 448 g/mol. The van der Waals surface area contributed by atoms with Crippen LogP contribution in [0.3, 0.4) is 0 Å². The van der Waals surface area contributed by atoms with Crippen molar-refractivity contribution in [2.24, 2.45) is 5.92 Å². The molecule has 1 aliphatic heterocycles. The maximum atomic E-state index is 12.8. The predicted octanol–water partition coefficient (Wildman–Crippen LogP) is 3.40. The summed E-state index contributed by atoms with van der Waals surface area (Å²) in [6, 6.07) is 16.3. The van der Waals surface area contributed by atoms with Crippen LogP contribution in [0.1, 0.15) is 43.2 Å². The summed E-state index contributed by atoms with van der Waals surface area (Å²) in [6.45, 7) is 2.49. The van der Waals surface area contributed by atoms with E-state index in [0.717, 1.165) is 6.42 Å². The summed E-state index contributed by atoms with van der Waals surface area (Å²) in [4.78, 5) is 37.8. The standard InChI is InChI=1S/C27H30N2O6/c1-27(35-14-24(30)31)15-29(16-27)25(32)17-10-11-18(12-17)28-26(33)34-13-23-21-8-4-2-6-19(21)20-7-3-5-9-22(20)23/h2-9,17-18,23H,10-16H2,1H3,(H,28,33)(H,30,31). The maximum absolute atomic E-state index is 12.8. The highest BCUT2D eigenvalue weighted by Gasteiger charge is 2.45. The van der Waals surface area contributed by atoms with Gasteiger partial charge < -0.3 is 24.8 Å². The molecule has 5 rings (SSSR count). The molecule has 2 aromatic rings. The summed E-state index contributed by atoms with van der Waals surface area (Å²) in [6.07, 6.45) is 1.55. The molecule has 2 aliphatic carbocycles.